The lowest BCUT2D eigenvalue weighted by atomic mass is 10.0. The van der Waals surface area contributed by atoms with Crippen LogP contribution in [0.3, 0.4) is 0 Å². The molecule has 5 aromatic carbocycles. The van der Waals surface area contributed by atoms with E-state index in [2.05, 4.69) is 63.1 Å². The molecule has 5 aromatic rings. The van der Waals surface area contributed by atoms with Crippen molar-refractivity contribution in [1.29, 1.82) is 0 Å². The third-order valence-corrected chi connectivity index (χ3v) is 12.5. The molecule has 0 heterocycles. The van der Waals surface area contributed by atoms with E-state index in [1.807, 2.05) is 118 Å². The number of benzene rings is 5. The van der Waals surface area contributed by atoms with Crippen LogP contribution in [0.4, 0.5) is 0 Å². The van der Waals surface area contributed by atoms with Crippen LogP contribution >= 0.6 is 0 Å². The highest BCUT2D eigenvalue weighted by atomic mass is 32.2. The number of carbonyl (C=O) groups is 2. The average molecular weight is 844 g/mol. The van der Waals surface area contributed by atoms with E-state index in [1.54, 1.807) is 0 Å². The minimum absolute atomic E-state index is 0.193. The summed E-state index contributed by atoms with van der Waals surface area (Å²) in [5, 5.41) is 0. The van der Waals surface area contributed by atoms with E-state index in [9.17, 15) is 14.1 Å². The Kier molecular flexibility index (Phi) is 17.5. The summed E-state index contributed by atoms with van der Waals surface area (Å²) in [6, 6.07) is 47.4. The lowest BCUT2D eigenvalue weighted by molar-refractivity contribution is -0.152. The van der Waals surface area contributed by atoms with Gasteiger partial charge in [-0.15, -0.1) is 0 Å². The van der Waals surface area contributed by atoms with Gasteiger partial charge in [0.2, 0.25) is 4.90 Å². The molecule has 1 unspecified atom stereocenters. The number of hydrogen-bond acceptors (Lipinski definition) is 9. The fourth-order valence-corrected chi connectivity index (χ4v) is 8.89. The third kappa shape index (κ3) is 14.1. The van der Waals surface area contributed by atoms with Gasteiger partial charge in [-0.2, -0.15) is 4.55 Å². The van der Waals surface area contributed by atoms with Gasteiger partial charge in [-0.3, -0.25) is 19.4 Å². The standard InChI is InChI=1S/C29H35N2O3S.C22H28N2O2/c1-3-34-29(32)28(27(25-16-17-25)30-35(33)26-18-14-22(2)15-19-26)31(20-23-10-6-4-7-11-23)21-24-12-8-5-9-13-24;1-2-26-22(25)21(20(23)19-13-14-19)24(15-17-9-5-3-6-10-17)16-18-11-7-4-8-12-18/h4-15,18-19,25,27-28,30,33H,3,16-17,20-21H2,1-2H3;3-12,19-21H,2,13-16,23H2,1H3/q+1;/t27-,28+,35?;20-,21+/m11/s1. The summed E-state index contributed by atoms with van der Waals surface area (Å²) in [4.78, 5) is 31.5. The number of nitrogens with one attached hydrogen (secondary N) is 1. The summed E-state index contributed by atoms with van der Waals surface area (Å²) in [6.07, 6.45) is 4.26. The van der Waals surface area contributed by atoms with Gasteiger partial charge in [-0.1, -0.05) is 144 Å². The van der Waals surface area contributed by atoms with Gasteiger partial charge < -0.3 is 15.2 Å². The average Bonchev–Trinajstić information content (AvgIpc) is 4.21. The molecular weight excluding hydrogens is 781 g/mol. The Morgan fingerprint density at radius 2 is 0.967 bits per heavy atom. The first-order valence-corrected chi connectivity index (χ1v) is 22.9. The predicted molar refractivity (Wildman–Crippen MR) is 245 cm³/mol. The molecule has 2 aliphatic carbocycles. The summed E-state index contributed by atoms with van der Waals surface area (Å²) < 4.78 is 25.6. The Morgan fingerprint density at radius 3 is 1.33 bits per heavy atom. The van der Waals surface area contributed by atoms with Gasteiger partial charge in [0.05, 0.1) is 19.3 Å². The van der Waals surface area contributed by atoms with Crippen molar-refractivity contribution in [3.63, 3.8) is 0 Å². The first kappa shape index (κ1) is 45.7. The number of esters is 2. The second kappa shape index (κ2) is 23.4. The molecule has 2 aliphatic rings. The van der Waals surface area contributed by atoms with E-state index >= 15 is 0 Å². The Hall–Kier alpha value is -4.81. The summed E-state index contributed by atoms with van der Waals surface area (Å²) >= 11 is -1.19. The van der Waals surface area contributed by atoms with E-state index in [4.69, 9.17) is 15.2 Å². The summed E-state index contributed by atoms with van der Waals surface area (Å²) in [6.45, 7) is 8.95. The van der Waals surface area contributed by atoms with Crippen molar-refractivity contribution >= 4 is 23.3 Å². The number of carbonyl (C=O) groups excluding carboxylic acids is 2. The molecule has 7 rings (SSSR count). The molecule has 2 fully saturated rings. The molecular formula is C51H63N4O5S+. The maximum atomic E-state index is 13.5. The Bertz CT molecular complexity index is 1950. The molecule has 9 nitrogen and oxygen atoms in total. The van der Waals surface area contributed by atoms with Crippen molar-refractivity contribution in [2.75, 3.05) is 13.2 Å². The molecule has 4 N–H and O–H groups in total. The topological polar surface area (TPSA) is 117 Å². The van der Waals surface area contributed by atoms with Crippen molar-refractivity contribution in [1.82, 2.24) is 14.5 Å². The number of ether oxygens (including phenoxy) is 2. The normalized spacial score (nSPS) is 16.1. The SMILES string of the molecule is CCOC(=O)[C@H]([C@H](N)C1CC1)N(Cc1ccccc1)Cc1ccccc1.CCOC(=O)[C@H]([C@H](N[S+](O)c1ccc(C)cc1)C1CC1)N(Cc1ccccc1)Cc1ccccc1. The van der Waals surface area contributed by atoms with Crippen LogP contribution in [0.25, 0.3) is 0 Å². The number of rotatable bonds is 21. The van der Waals surface area contributed by atoms with Crippen LogP contribution in [0, 0.1) is 18.8 Å². The first-order valence-electron chi connectivity index (χ1n) is 21.7. The van der Waals surface area contributed by atoms with Crippen LogP contribution in [0.2, 0.25) is 0 Å². The second-order valence-electron chi connectivity index (χ2n) is 16.1. The van der Waals surface area contributed by atoms with Gasteiger partial charge in [0.15, 0.2) is 0 Å². The number of nitrogens with two attached hydrogens (primary N) is 1. The quantitative estimate of drug-likeness (QED) is 0.0493. The smallest absolute Gasteiger partial charge is 0.325 e. The minimum Gasteiger partial charge on any atom is -0.465 e. The number of aryl methyl sites for hydroxylation is 1. The van der Waals surface area contributed by atoms with Crippen LogP contribution in [0.15, 0.2) is 150 Å². The zero-order valence-corrected chi connectivity index (χ0v) is 36.7. The van der Waals surface area contributed by atoms with Crippen LogP contribution in [-0.4, -0.2) is 63.7 Å². The van der Waals surface area contributed by atoms with E-state index in [0.717, 1.165) is 47.3 Å². The number of nitrogens with zero attached hydrogens (tertiary/aromatic N) is 2. The molecule has 322 valence electrons. The summed E-state index contributed by atoms with van der Waals surface area (Å²) in [5.74, 6) is 0.271. The van der Waals surface area contributed by atoms with Crippen LogP contribution in [0.1, 0.15) is 67.3 Å². The highest BCUT2D eigenvalue weighted by Gasteiger charge is 2.48. The van der Waals surface area contributed by atoms with Crippen LogP contribution < -0.4 is 10.5 Å². The van der Waals surface area contributed by atoms with Gasteiger partial charge in [-0.05, 0) is 92.7 Å². The predicted octanol–water partition coefficient (Wildman–Crippen LogP) is 8.72. The van der Waals surface area contributed by atoms with Gasteiger partial charge in [0.25, 0.3) is 11.4 Å². The molecule has 0 spiro atoms. The number of hydrogen-bond donors (Lipinski definition) is 3. The molecule has 61 heavy (non-hydrogen) atoms. The molecule has 0 amide bonds. The highest BCUT2D eigenvalue weighted by molar-refractivity contribution is 7.89. The molecule has 5 atom stereocenters. The maximum absolute atomic E-state index is 13.5. The van der Waals surface area contributed by atoms with E-state index < -0.39 is 23.4 Å². The van der Waals surface area contributed by atoms with Crippen molar-refractivity contribution < 1.29 is 23.6 Å². The Morgan fingerprint density at radius 1 is 0.607 bits per heavy atom. The largest absolute Gasteiger partial charge is 0.465 e. The Balaban J connectivity index is 0.000000213. The van der Waals surface area contributed by atoms with Crippen molar-refractivity contribution in [2.45, 2.75) is 102 Å². The highest BCUT2D eigenvalue weighted by Crippen LogP contribution is 2.38. The lowest BCUT2D eigenvalue weighted by Crippen LogP contribution is -2.56. The molecule has 0 radical (unpaired) electrons. The van der Waals surface area contributed by atoms with E-state index in [1.165, 1.54) is 11.1 Å². The molecule has 10 heteroatoms. The minimum atomic E-state index is -1.19. The fourth-order valence-electron chi connectivity index (χ4n) is 7.78. The molecule has 0 saturated heterocycles. The van der Waals surface area contributed by atoms with Crippen molar-refractivity contribution in [3.8, 4) is 0 Å². The lowest BCUT2D eigenvalue weighted by Gasteiger charge is -2.35. The van der Waals surface area contributed by atoms with Crippen molar-refractivity contribution in [3.05, 3.63) is 173 Å². The van der Waals surface area contributed by atoms with Crippen LogP contribution in [-0.2, 0) is 56.6 Å². The van der Waals surface area contributed by atoms with Gasteiger partial charge in [0, 0.05) is 32.2 Å². The monoisotopic (exact) mass is 843 g/mol. The second-order valence-corrected chi connectivity index (χ2v) is 17.4. The summed E-state index contributed by atoms with van der Waals surface area (Å²) in [7, 11) is 0. The van der Waals surface area contributed by atoms with E-state index in [-0.39, 0.29) is 24.0 Å². The fraction of sp³-hybridized carbons (Fsp3) is 0.373. The third-order valence-electron chi connectivity index (χ3n) is 11.2. The zero-order chi connectivity index (χ0) is 43.0. The molecule has 0 aromatic heterocycles. The van der Waals surface area contributed by atoms with E-state index in [0.29, 0.717) is 51.2 Å². The molecule has 2 saturated carbocycles. The molecule has 0 aliphatic heterocycles. The van der Waals surface area contributed by atoms with Gasteiger partial charge in [0.1, 0.15) is 12.1 Å². The Labute approximate surface area is 366 Å². The van der Waals surface area contributed by atoms with Gasteiger partial charge in [-0.25, -0.2) is 0 Å². The van der Waals surface area contributed by atoms with Crippen molar-refractivity contribution in [2.24, 2.45) is 17.6 Å². The zero-order valence-electron chi connectivity index (χ0n) is 35.9. The molecule has 0 bridgehead atoms. The maximum Gasteiger partial charge on any atom is 0.325 e. The summed E-state index contributed by atoms with van der Waals surface area (Å²) in [5.41, 5.74) is 12.3. The van der Waals surface area contributed by atoms with Crippen LogP contribution in [0.5, 0.6) is 0 Å². The first-order chi connectivity index (χ1) is 29.7. The van der Waals surface area contributed by atoms with Gasteiger partial charge >= 0.3 is 11.9 Å².